The first-order chi connectivity index (χ1) is 25.0. The molecular formula is C38H44N10O4. The Bertz CT molecular complexity index is 2090. The molecule has 0 saturated carbocycles. The number of nitrogens with zero attached hydrogens (tertiary/aromatic N) is 7. The number of aryl methyl sites for hydroxylation is 1. The lowest BCUT2D eigenvalue weighted by atomic mass is 9.93. The van der Waals surface area contributed by atoms with Gasteiger partial charge in [0.15, 0.2) is 0 Å². The molecule has 14 nitrogen and oxygen atoms in total. The smallest absolute Gasteiger partial charge is 0.292 e. The maximum absolute atomic E-state index is 12.7. The zero-order valence-corrected chi connectivity index (χ0v) is 30.0. The minimum Gasteiger partial charge on any atom is -0.372 e. The maximum Gasteiger partial charge on any atom is 0.292 e. The summed E-state index contributed by atoms with van der Waals surface area (Å²) in [6.07, 6.45) is 9.26. The van der Waals surface area contributed by atoms with Crippen LogP contribution in [0.15, 0.2) is 59.6 Å². The summed E-state index contributed by atoms with van der Waals surface area (Å²) < 4.78 is 7.16. The average molecular weight is 705 g/mol. The Balaban J connectivity index is 0.915. The molecule has 14 heteroatoms. The fourth-order valence-corrected chi connectivity index (χ4v) is 6.76. The molecule has 0 radical (unpaired) electrons. The molecule has 0 spiro atoms. The van der Waals surface area contributed by atoms with Crippen LogP contribution in [0.4, 0.5) is 5.69 Å². The zero-order chi connectivity index (χ0) is 36.4. The number of hydrogen-bond acceptors (Lipinski definition) is 11. The molecule has 52 heavy (non-hydrogen) atoms. The summed E-state index contributed by atoms with van der Waals surface area (Å²) in [5, 5.41) is 16.8. The number of pyridine rings is 1. The molecule has 7 rings (SSSR count). The lowest BCUT2D eigenvalue weighted by molar-refractivity contribution is -0.133. The third kappa shape index (κ3) is 7.86. The van der Waals surface area contributed by atoms with Gasteiger partial charge in [-0.15, -0.1) is 0 Å². The summed E-state index contributed by atoms with van der Waals surface area (Å²) >= 11 is 0. The Morgan fingerprint density at radius 1 is 1.06 bits per heavy atom. The molecule has 2 fully saturated rings. The van der Waals surface area contributed by atoms with E-state index in [9.17, 15) is 14.4 Å². The number of rotatable bonds is 10. The van der Waals surface area contributed by atoms with Gasteiger partial charge in [-0.1, -0.05) is 38.1 Å². The van der Waals surface area contributed by atoms with Gasteiger partial charge in [0.2, 0.25) is 17.7 Å². The fourth-order valence-electron chi connectivity index (χ4n) is 6.76. The van der Waals surface area contributed by atoms with Crippen molar-refractivity contribution >= 4 is 28.9 Å². The van der Waals surface area contributed by atoms with Crippen LogP contribution in [-0.2, 0) is 28.0 Å². The number of carbonyl (C=O) groups is 3. The highest BCUT2D eigenvalue weighted by molar-refractivity contribution is 6.01. The van der Waals surface area contributed by atoms with Crippen molar-refractivity contribution < 1.29 is 18.9 Å². The predicted molar refractivity (Wildman–Crippen MR) is 193 cm³/mol. The third-order valence-electron chi connectivity index (χ3n) is 9.88. The monoisotopic (exact) mass is 704 g/mol. The van der Waals surface area contributed by atoms with E-state index in [1.165, 1.54) is 5.56 Å². The van der Waals surface area contributed by atoms with Gasteiger partial charge in [-0.05, 0) is 86.7 Å². The van der Waals surface area contributed by atoms with E-state index in [-0.39, 0.29) is 29.0 Å². The van der Waals surface area contributed by atoms with Gasteiger partial charge in [0, 0.05) is 48.3 Å². The summed E-state index contributed by atoms with van der Waals surface area (Å²) in [6.45, 7) is 11.2. The third-order valence-corrected chi connectivity index (χ3v) is 9.88. The van der Waals surface area contributed by atoms with Crippen molar-refractivity contribution in [1.82, 2.24) is 45.3 Å². The molecule has 2 saturated heterocycles. The van der Waals surface area contributed by atoms with Crippen molar-refractivity contribution in [3.63, 3.8) is 0 Å². The summed E-state index contributed by atoms with van der Waals surface area (Å²) in [5.74, 6) is -0.0397. The first kappa shape index (κ1) is 34.9. The molecule has 5 aromatic rings. The molecule has 4 aromatic heterocycles. The van der Waals surface area contributed by atoms with Crippen LogP contribution in [0.5, 0.6) is 0 Å². The molecule has 3 N–H and O–H groups in total. The second-order valence-electron chi connectivity index (χ2n) is 14.8. The minimum absolute atomic E-state index is 0.0265. The van der Waals surface area contributed by atoms with Gasteiger partial charge in [-0.3, -0.25) is 24.7 Å². The van der Waals surface area contributed by atoms with Crippen molar-refractivity contribution in [3.8, 4) is 11.3 Å². The van der Waals surface area contributed by atoms with Crippen LogP contribution < -0.4 is 16.0 Å². The number of likely N-dealkylation sites (tertiary alicyclic amines) is 1. The molecule has 1 unspecified atom stereocenters. The van der Waals surface area contributed by atoms with Crippen molar-refractivity contribution in [2.45, 2.75) is 83.7 Å². The lowest BCUT2D eigenvalue weighted by Crippen LogP contribution is -2.47. The van der Waals surface area contributed by atoms with Crippen molar-refractivity contribution in [2.24, 2.45) is 0 Å². The Morgan fingerprint density at radius 2 is 1.88 bits per heavy atom. The molecule has 3 amide bonds. The van der Waals surface area contributed by atoms with E-state index in [1.807, 2.05) is 56.5 Å². The first-order valence-electron chi connectivity index (χ1n) is 17.8. The molecule has 0 bridgehead atoms. The number of aromatic nitrogens is 6. The Morgan fingerprint density at radius 3 is 2.60 bits per heavy atom. The van der Waals surface area contributed by atoms with E-state index < -0.39 is 6.04 Å². The number of nitrogens with one attached hydrogen (secondary N) is 3. The highest BCUT2D eigenvalue weighted by Crippen LogP contribution is 2.29. The number of carbonyl (C=O) groups excluding carboxylic acids is 3. The number of piperidine rings is 2. The van der Waals surface area contributed by atoms with E-state index in [0.717, 1.165) is 78.2 Å². The number of amides is 3. The van der Waals surface area contributed by atoms with E-state index in [1.54, 1.807) is 12.5 Å². The molecule has 270 valence electrons. The number of anilines is 1. The van der Waals surface area contributed by atoms with Crippen LogP contribution in [0, 0.1) is 6.92 Å². The molecule has 1 aromatic carbocycles. The van der Waals surface area contributed by atoms with Gasteiger partial charge in [0.1, 0.15) is 12.4 Å². The Labute approximate surface area is 301 Å². The standard InChI is InChI=1S/C38H44N10O4/c1-23-17-26(5-6-27(23)19-40-36(51)34-45-37(52-46-34)38(2,3)4)33-31-18-24(21-48(31)42-22-41-33)11-14-47-15-12-25(13-16-47)29-8-7-28(20-39-29)43-30-9-10-32(49)44-35(30)50/h5-8,17-18,20-22,25,30,43H,9-16,19H2,1-4H3,(H,40,51)(H,44,49,50). The summed E-state index contributed by atoms with van der Waals surface area (Å²) in [5.41, 5.74) is 7.53. The van der Waals surface area contributed by atoms with Gasteiger partial charge >= 0.3 is 0 Å². The molecular weight excluding hydrogens is 660 g/mol. The first-order valence-corrected chi connectivity index (χ1v) is 17.8. The maximum atomic E-state index is 12.7. The zero-order valence-electron chi connectivity index (χ0n) is 30.0. The quantitative estimate of drug-likeness (QED) is 0.177. The van der Waals surface area contributed by atoms with E-state index in [2.05, 4.69) is 59.4 Å². The molecule has 6 heterocycles. The van der Waals surface area contributed by atoms with Gasteiger partial charge in [-0.25, -0.2) is 9.50 Å². The lowest BCUT2D eigenvalue weighted by Gasteiger charge is -2.31. The highest BCUT2D eigenvalue weighted by Gasteiger charge is 2.27. The number of fused-ring (bicyclic) bond motifs is 1. The molecule has 2 aliphatic rings. The molecule has 1 atom stereocenters. The van der Waals surface area contributed by atoms with Crippen LogP contribution in [0.25, 0.3) is 16.8 Å². The van der Waals surface area contributed by atoms with Gasteiger partial charge in [0.25, 0.3) is 11.7 Å². The van der Waals surface area contributed by atoms with Crippen LogP contribution in [0.1, 0.15) is 91.3 Å². The van der Waals surface area contributed by atoms with Crippen LogP contribution >= 0.6 is 0 Å². The number of benzene rings is 1. The summed E-state index contributed by atoms with van der Waals surface area (Å²) in [7, 11) is 0. The summed E-state index contributed by atoms with van der Waals surface area (Å²) in [6, 6.07) is 11.9. The average Bonchev–Trinajstić information content (AvgIpc) is 3.80. The highest BCUT2D eigenvalue weighted by atomic mass is 16.5. The van der Waals surface area contributed by atoms with Gasteiger partial charge < -0.3 is 20.1 Å². The summed E-state index contributed by atoms with van der Waals surface area (Å²) in [4.78, 5) is 52.3. The second-order valence-corrected chi connectivity index (χ2v) is 14.8. The van der Waals surface area contributed by atoms with Crippen molar-refractivity contribution in [1.29, 1.82) is 0 Å². The molecule has 2 aliphatic heterocycles. The topological polar surface area (TPSA) is 173 Å². The molecule has 0 aliphatic carbocycles. The van der Waals surface area contributed by atoms with E-state index >= 15 is 0 Å². The van der Waals surface area contributed by atoms with Crippen molar-refractivity contribution in [3.05, 3.63) is 89.2 Å². The van der Waals surface area contributed by atoms with Crippen LogP contribution in [0.2, 0.25) is 0 Å². The van der Waals surface area contributed by atoms with Crippen LogP contribution in [-0.4, -0.2) is 78.0 Å². The fraction of sp³-hybridized carbons (Fsp3) is 0.421. The van der Waals surface area contributed by atoms with Crippen LogP contribution in [0.3, 0.4) is 0 Å². The number of imide groups is 1. The largest absolute Gasteiger partial charge is 0.372 e. The number of hydrogen-bond donors (Lipinski definition) is 3. The second kappa shape index (κ2) is 14.6. The Hall–Kier alpha value is -5.50. The van der Waals surface area contributed by atoms with Gasteiger partial charge in [0.05, 0.1) is 23.1 Å². The van der Waals surface area contributed by atoms with E-state index in [0.29, 0.717) is 31.2 Å². The SMILES string of the molecule is Cc1cc(-c2ncnn3cc(CCN4CCC(c5ccc(NC6CCC(=O)NC6=O)cn5)CC4)cc23)ccc1CNC(=O)c1noc(C(C)(C)C)n1. The van der Waals surface area contributed by atoms with Crippen molar-refractivity contribution in [2.75, 3.05) is 25.0 Å². The Kier molecular flexibility index (Phi) is 9.82. The van der Waals surface area contributed by atoms with E-state index in [4.69, 9.17) is 9.51 Å². The predicted octanol–water partition coefficient (Wildman–Crippen LogP) is 4.35. The van der Waals surface area contributed by atoms with Gasteiger partial charge in [-0.2, -0.15) is 10.1 Å². The minimum atomic E-state index is -0.415. The normalized spacial score (nSPS) is 17.3.